The molecule has 2 nitrogen and oxygen atoms in total. The first-order valence-corrected chi connectivity index (χ1v) is 6.62. The summed E-state index contributed by atoms with van der Waals surface area (Å²) in [6, 6.07) is 0. The van der Waals surface area contributed by atoms with Gasteiger partial charge in [-0.3, -0.25) is 9.59 Å². The normalized spacial score (nSPS) is 18.2. The largest absolute Gasteiger partial charge is 2.00 e. The van der Waals surface area contributed by atoms with Crippen molar-refractivity contribution in [2.75, 3.05) is 0 Å². The third-order valence-electron chi connectivity index (χ3n) is 3.86. The van der Waals surface area contributed by atoms with E-state index in [1.165, 1.54) is 25.7 Å². The molecular weight excluding hydrogens is 280 g/mol. The Morgan fingerprint density at radius 3 is 1.00 bits per heavy atom. The third-order valence-corrected chi connectivity index (χ3v) is 3.86. The van der Waals surface area contributed by atoms with Gasteiger partial charge in [0.15, 0.2) is 0 Å². The molecular formula is C16H30FeO2. The molecule has 0 aromatic heterocycles. The molecule has 0 amide bonds. The number of rotatable bonds is 2. The Hall–Kier alpha value is -0.141. The first kappa shape index (κ1) is 23.9. The van der Waals surface area contributed by atoms with Crippen LogP contribution in [0.25, 0.3) is 0 Å². The molecule has 0 heterocycles. The van der Waals surface area contributed by atoms with Crippen LogP contribution >= 0.6 is 0 Å². The topological polar surface area (TPSA) is 34.1 Å². The van der Waals surface area contributed by atoms with Crippen molar-refractivity contribution >= 4 is 11.6 Å². The molecule has 0 atom stereocenters. The van der Waals surface area contributed by atoms with Crippen LogP contribution in [0.4, 0.5) is 0 Å². The summed E-state index contributed by atoms with van der Waals surface area (Å²) in [6.07, 6.45) is 9.66. The van der Waals surface area contributed by atoms with Crippen molar-refractivity contribution in [3.63, 3.8) is 0 Å². The predicted molar refractivity (Wildman–Crippen MR) is 78.1 cm³/mol. The predicted octanol–water partition coefficient (Wildman–Crippen LogP) is 4.43. The molecule has 0 radical (unpaired) electrons. The van der Waals surface area contributed by atoms with Crippen LogP contribution in [0.3, 0.4) is 0 Å². The van der Waals surface area contributed by atoms with E-state index in [0.717, 1.165) is 25.7 Å². The summed E-state index contributed by atoms with van der Waals surface area (Å²) in [7, 11) is 0. The summed E-state index contributed by atoms with van der Waals surface area (Å²) in [6.45, 7) is 3.41. The van der Waals surface area contributed by atoms with Crippen molar-refractivity contribution in [2.45, 2.75) is 65.2 Å². The van der Waals surface area contributed by atoms with Crippen LogP contribution in [-0.2, 0) is 26.7 Å². The van der Waals surface area contributed by atoms with E-state index in [1.807, 2.05) is 0 Å². The third kappa shape index (κ3) is 9.40. The molecule has 0 saturated heterocycles. The summed E-state index contributed by atoms with van der Waals surface area (Å²) in [5.41, 5.74) is 0. The molecule has 0 unspecified atom stereocenters. The van der Waals surface area contributed by atoms with Crippen LogP contribution in [0.15, 0.2) is 0 Å². The maximum absolute atomic E-state index is 10.6. The van der Waals surface area contributed by atoms with Gasteiger partial charge in [0.2, 0.25) is 0 Å². The standard InChI is InChI=1S/2C7H12O.2CH3.Fe/c2*1-6(8)7-4-2-3-5-7;;;/h2*7H,2-5H2,1H3;2*1H3;/q;;2*-1;+2. The van der Waals surface area contributed by atoms with Crippen molar-refractivity contribution in [3.8, 4) is 0 Å². The second kappa shape index (κ2) is 12.9. The monoisotopic (exact) mass is 310 g/mol. The van der Waals surface area contributed by atoms with E-state index < -0.39 is 0 Å². The van der Waals surface area contributed by atoms with E-state index in [4.69, 9.17) is 0 Å². The minimum absolute atomic E-state index is 0. The summed E-state index contributed by atoms with van der Waals surface area (Å²) >= 11 is 0. The van der Waals surface area contributed by atoms with Crippen molar-refractivity contribution < 1.29 is 26.7 Å². The van der Waals surface area contributed by atoms with Crippen molar-refractivity contribution in [2.24, 2.45) is 11.8 Å². The van der Waals surface area contributed by atoms with Crippen LogP contribution in [0.1, 0.15) is 65.2 Å². The Bertz CT molecular complexity index is 213. The number of carbonyl (C=O) groups is 2. The maximum atomic E-state index is 10.6. The van der Waals surface area contributed by atoms with Gasteiger partial charge in [0.25, 0.3) is 0 Å². The van der Waals surface area contributed by atoms with E-state index in [-0.39, 0.29) is 31.9 Å². The van der Waals surface area contributed by atoms with Gasteiger partial charge in [-0.2, -0.15) is 0 Å². The Labute approximate surface area is 130 Å². The molecule has 0 aliphatic heterocycles. The van der Waals surface area contributed by atoms with Gasteiger partial charge < -0.3 is 14.9 Å². The van der Waals surface area contributed by atoms with Crippen molar-refractivity contribution in [1.29, 1.82) is 0 Å². The Balaban J connectivity index is -0.000000233. The van der Waals surface area contributed by atoms with Gasteiger partial charge in [-0.05, 0) is 39.5 Å². The summed E-state index contributed by atoms with van der Waals surface area (Å²) in [4.78, 5) is 21.3. The molecule has 2 aliphatic rings. The maximum Gasteiger partial charge on any atom is 2.00 e. The van der Waals surface area contributed by atoms with Gasteiger partial charge in [0, 0.05) is 11.8 Å². The summed E-state index contributed by atoms with van der Waals surface area (Å²) in [5.74, 6) is 1.63. The summed E-state index contributed by atoms with van der Waals surface area (Å²) < 4.78 is 0. The number of carbonyl (C=O) groups excluding carboxylic acids is 2. The average Bonchev–Trinajstić information content (AvgIpc) is 2.93. The molecule has 0 bridgehead atoms. The Morgan fingerprint density at radius 1 is 0.684 bits per heavy atom. The van der Waals surface area contributed by atoms with Crippen LogP contribution < -0.4 is 0 Å². The number of Topliss-reactive ketones (excluding diaryl/α,β-unsaturated/α-hetero) is 2. The molecule has 2 rings (SSSR count). The molecule has 0 aromatic rings. The molecule has 3 heteroatoms. The number of hydrogen-bond acceptors (Lipinski definition) is 2. The van der Waals surface area contributed by atoms with Gasteiger partial charge >= 0.3 is 17.1 Å². The number of hydrogen-bond donors (Lipinski definition) is 0. The zero-order valence-electron chi connectivity index (χ0n) is 13.0. The van der Waals surface area contributed by atoms with E-state index in [9.17, 15) is 9.59 Å². The molecule has 0 N–H and O–H groups in total. The molecule has 19 heavy (non-hydrogen) atoms. The van der Waals surface area contributed by atoms with E-state index in [1.54, 1.807) is 13.8 Å². The van der Waals surface area contributed by atoms with Gasteiger partial charge in [-0.1, -0.05) is 25.7 Å². The van der Waals surface area contributed by atoms with Gasteiger partial charge in [-0.25, -0.2) is 0 Å². The molecule has 2 saturated carbocycles. The van der Waals surface area contributed by atoms with Crippen molar-refractivity contribution in [1.82, 2.24) is 0 Å². The molecule has 2 aliphatic carbocycles. The van der Waals surface area contributed by atoms with E-state index in [2.05, 4.69) is 0 Å². The second-order valence-electron chi connectivity index (χ2n) is 5.18. The second-order valence-corrected chi connectivity index (χ2v) is 5.18. The Morgan fingerprint density at radius 2 is 0.895 bits per heavy atom. The van der Waals surface area contributed by atoms with E-state index in [0.29, 0.717) is 23.4 Å². The van der Waals surface area contributed by atoms with Crippen LogP contribution in [0.5, 0.6) is 0 Å². The van der Waals surface area contributed by atoms with Crippen LogP contribution in [0, 0.1) is 26.7 Å². The zero-order valence-corrected chi connectivity index (χ0v) is 14.1. The quantitative estimate of drug-likeness (QED) is 0.558. The Kier molecular flexibility index (Phi) is 16.2. The van der Waals surface area contributed by atoms with Gasteiger partial charge in [0.1, 0.15) is 11.6 Å². The fraction of sp³-hybridized carbons (Fsp3) is 0.750. The van der Waals surface area contributed by atoms with Crippen LogP contribution in [0.2, 0.25) is 0 Å². The van der Waals surface area contributed by atoms with Gasteiger partial charge in [-0.15, -0.1) is 0 Å². The fourth-order valence-corrected chi connectivity index (χ4v) is 2.66. The minimum atomic E-state index is 0. The van der Waals surface area contributed by atoms with E-state index >= 15 is 0 Å². The average molecular weight is 310 g/mol. The summed E-state index contributed by atoms with van der Waals surface area (Å²) in [5, 5.41) is 0. The molecule has 0 aromatic carbocycles. The molecule has 2 fully saturated rings. The SMILES string of the molecule is CC(=O)C1CCCC1.CC(=O)C1CCCC1.[CH3-].[CH3-].[Fe+2]. The molecule has 0 spiro atoms. The minimum Gasteiger partial charge on any atom is -0.358 e. The first-order valence-electron chi connectivity index (χ1n) is 6.62. The zero-order chi connectivity index (χ0) is 12.0. The molecule has 114 valence electrons. The first-order chi connectivity index (χ1) is 7.61. The smallest absolute Gasteiger partial charge is 0.358 e. The fourth-order valence-electron chi connectivity index (χ4n) is 2.66. The number of ketones is 2. The van der Waals surface area contributed by atoms with Crippen molar-refractivity contribution in [3.05, 3.63) is 14.9 Å². The van der Waals surface area contributed by atoms with Gasteiger partial charge in [0.05, 0.1) is 0 Å². The van der Waals surface area contributed by atoms with Crippen LogP contribution in [-0.4, -0.2) is 11.6 Å².